The second-order valence-corrected chi connectivity index (χ2v) is 16.1. The van der Waals surface area contributed by atoms with E-state index in [0.717, 1.165) is 54.1 Å². The second kappa shape index (κ2) is 20.3. The maximum absolute atomic E-state index is 14.7. The highest BCUT2D eigenvalue weighted by atomic mass is 32.2. The Labute approximate surface area is 320 Å². The highest BCUT2D eigenvalue weighted by Gasteiger charge is 2.52. The number of ether oxygens (including phenoxy) is 7. The summed E-state index contributed by atoms with van der Waals surface area (Å²) < 4.78 is 69.0. The summed E-state index contributed by atoms with van der Waals surface area (Å²) in [6.45, 7) is 6.97. The largest absolute Gasteiger partial charge is 0.494 e. The number of carbonyl (C=O) groups is 1. The molecule has 1 N–H and O–H groups in total. The average Bonchev–Trinajstić information content (AvgIpc) is 3.18. The maximum Gasteiger partial charge on any atom is 0.308 e. The molecule has 2 aliphatic heterocycles. The molecule has 3 aromatic rings. The number of benzene rings is 3. The van der Waals surface area contributed by atoms with Crippen LogP contribution in [0.2, 0.25) is 0 Å². The summed E-state index contributed by atoms with van der Waals surface area (Å²) in [6, 6.07) is 20.5. The van der Waals surface area contributed by atoms with Gasteiger partial charge < -0.3 is 38.1 Å². The van der Waals surface area contributed by atoms with E-state index in [-0.39, 0.29) is 30.9 Å². The molecule has 13 heteroatoms. The maximum atomic E-state index is 14.7. The Balaban J connectivity index is 1.44. The first-order valence-electron chi connectivity index (χ1n) is 18.7. The van der Waals surface area contributed by atoms with Crippen LogP contribution in [0.3, 0.4) is 0 Å². The molecular formula is C41H56N2O10S. The molecule has 2 heterocycles. The Morgan fingerprint density at radius 2 is 1.59 bits per heavy atom. The lowest BCUT2D eigenvalue weighted by Crippen LogP contribution is -2.61. The average molecular weight is 769 g/mol. The number of aryl methyl sites for hydroxylation is 1. The van der Waals surface area contributed by atoms with Crippen LogP contribution >= 0.6 is 0 Å². The fourth-order valence-corrected chi connectivity index (χ4v) is 8.92. The number of carbonyl (C=O) groups excluding carboxylic acids is 1. The minimum absolute atomic E-state index is 0.0698. The number of hydrogen-bond donors (Lipinski definition) is 1. The van der Waals surface area contributed by atoms with E-state index in [4.69, 9.17) is 33.2 Å². The van der Waals surface area contributed by atoms with E-state index in [1.807, 2.05) is 43.3 Å². The van der Waals surface area contributed by atoms with Gasteiger partial charge in [0.05, 0.1) is 49.5 Å². The Kier molecular flexibility index (Phi) is 15.6. The van der Waals surface area contributed by atoms with Crippen LogP contribution in [-0.4, -0.2) is 106 Å². The molecule has 0 radical (unpaired) electrons. The van der Waals surface area contributed by atoms with Crippen molar-refractivity contribution in [1.29, 1.82) is 0 Å². The van der Waals surface area contributed by atoms with Gasteiger partial charge in [0.2, 0.25) is 0 Å². The zero-order chi connectivity index (χ0) is 38.4. The summed E-state index contributed by atoms with van der Waals surface area (Å²) >= 11 is 0. The Bertz CT molecular complexity index is 1720. The molecule has 2 aliphatic rings. The third-order valence-corrected chi connectivity index (χ3v) is 12.3. The molecule has 12 nitrogen and oxygen atoms in total. The summed E-state index contributed by atoms with van der Waals surface area (Å²) in [6.07, 6.45) is 1.43. The van der Waals surface area contributed by atoms with E-state index < -0.39 is 32.7 Å². The first-order chi connectivity index (χ1) is 26.2. The van der Waals surface area contributed by atoms with E-state index >= 15 is 0 Å². The predicted molar refractivity (Wildman–Crippen MR) is 206 cm³/mol. The van der Waals surface area contributed by atoms with Gasteiger partial charge >= 0.3 is 5.97 Å². The van der Waals surface area contributed by atoms with Crippen LogP contribution in [0, 0.1) is 6.92 Å². The number of rotatable bonds is 21. The van der Waals surface area contributed by atoms with E-state index in [0.29, 0.717) is 51.8 Å². The molecule has 1 saturated heterocycles. The molecule has 3 aromatic carbocycles. The molecule has 1 fully saturated rings. The number of piperidine rings is 1. The van der Waals surface area contributed by atoms with Crippen molar-refractivity contribution in [2.75, 3.05) is 85.5 Å². The normalized spacial score (nSPS) is 19.9. The minimum Gasteiger partial charge on any atom is -0.494 e. The molecule has 5 rings (SSSR count). The van der Waals surface area contributed by atoms with Crippen LogP contribution in [0.25, 0.3) is 0 Å². The van der Waals surface area contributed by atoms with Crippen molar-refractivity contribution in [3.8, 4) is 11.5 Å². The van der Waals surface area contributed by atoms with Crippen LogP contribution in [0.4, 0.5) is 5.69 Å². The first kappa shape index (κ1) is 41.4. The summed E-state index contributed by atoms with van der Waals surface area (Å²) in [4.78, 5) is 14.2. The van der Waals surface area contributed by atoms with Gasteiger partial charge in [0.15, 0.2) is 9.84 Å². The molecule has 0 aliphatic carbocycles. The van der Waals surface area contributed by atoms with Crippen LogP contribution < -0.4 is 19.7 Å². The fraction of sp³-hybridized carbons (Fsp3) is 0.537. The van der Waals surface area contributed by atoms with E-state index in [2.05, 4.69) is 16.3 Å². The molecule has 0 bridgehead atoms. The van der Waals surface area contributed by atoms with Gasteiger partial charge in [0, 0.05) is 73.0 Å². The van der Waals surface area contributed by atoms with E-state index in [1.165, 1.54) is 0 Å². The molecule has 0 amide bonds. The topological polar surface area (TPSA) is 131 Å². The van der Waals surface area contributed by atoms with Crippen molar-refractivity contribution in [3.05, 3.63) is 83.4 Å². The van der Waals surface area contributed by atoms with Gasteiger partial charge in [0.1, 0.15) is 23.0 Å². The van der Waals surface area contributed by atoms with E-state index in [1.54, 1.807) is 45.6 Å². The lowest BCUT2D eigenvalue weighted by Gasteiger charge is -2.44. The second-order valence-electron chi connectivity index (χ2n) is 13.8. The summed E-state index contributed by atoms with van der Waals surface area (Å²) in [5, 5.41) is 3.33. The Hall–Kier alpha value is -3.72. The van der Waals surface area contributed by atoms with Crippen LogP contribution in [-0.2, 0) is 44.9 Å². The monoisotopic (exact) mass is 768 g/mol. The predicted octanol–water partition coefficient (Wildman–Crippen LogP) is 5.45. The number of hydrogen-bond acceptors (Lipinski definition) is 12. The molecule has 296 valence electrons. The highest BCUT2D eigenvalue weighted by Crippen LogP contribution is 2.43. The summed E-state index contributed by atoms with van der Waals surface area (Å²) in [5.74, 6) is 0.537. The standard InChI is InChI=1S/C41H56N2O10S/c1-31-8-15-35(16-9-31)54(45,46)41(28-40(44)52-24-7-22-49-4)27-36(33-11-13-34(14-12-33)50-23-6-21-48-3)39(29-42-41)53-30-32-10-17-38-37(26-32)43(19-25-51-38)18-5-20-47-2/h8-17,26,36,39,42H,5-7,18-25,27-30H2,1-4H3/t36-,39+,41-/m1/s1. The molecular weight excluding hydrogens is 713 g/mol. The zero-order valence-electron chi connectivity index (χ0n) is 32.1. The zero-order valence-corrected chi connectivity index (χ0v) is 32.9. The van der Waals surface area contributed by atoms with Crippen LogP contribution in [0.15, 0.2) is 71.6 Å². The minimum atomic E-state index is -4.11. The third-order valence-electron chi connectivity index (χ3n) is 9.95. The Morgan fingerprint density at radius 1 is 0.889 bits per heavy atom. The highest BCUT2D eigenvalue weighted by molar-refractivity contribution is 7.92. The number of nitrogens with one attached hydrogen (secondary N) is 1. The van der Waals surface area contributed by atoms with Gasteiger partial charge in [0.25, 0.3) is 0 Å². The first-order valence-corrected chi connectivity index (χ1v) is 20.2. The van der Waals surface area contributed by atoms with Crippen molar-refractivity contribution in [2.45, 2.75) is 67.4 Å². The Morgan fingerprint density at radius 3 is 2.31 bits per heavy atom. The van der Waals surface area contributed by atoms with Crippen molar-refractivity contribution in [2.24, 2.45) is 0 Å². The number of fused-ring (bicyclic) bond motifs is 1. The molecule has 0 aromatic heterocycles. The number of sulfone groups is 1. The van der Waals surface area contributed by atoms with Gasteiger partial charge in [-0.1, -0.05) is 35.9 Å². The molecule has 0 spiro atoms. The fourth-order valence-electron chi connectivity index (χ4n) is 6.99. The van der Waals surface area contributed by atoms with E-state index in [9.17, 15) is 13.2 Å². The molecule has 54 heavy (non-hydrogen) atoms. The van der Waals surface area contributed by atoms with Gasteiger partial charge in [-0.2, -0.15) is 0 Å². The van der Waals surface area contributed by atoms with Crippen molar-refractivity contribution in [3.63, 3.8) is 0 Å². The summed E-state index contributed by atoms with van der Waals surface area (Å²) in [7, 11) is 0.835. The van der Waals surface area contributed by atoms with Crippen molar-refractivity contribution >= 4 is 21.5 Å². The van der Waals surface area contributed by atoms with Gasteiger partial charge in [-0.25, -0.2) is 8.42 Å². The summed E-state index contributed by atoms with van der Waals surface area (Å²) in [5.41, 5.74) is 3.80. The van der Waals surface area contributed by atoms with Gasteiger partial charge in [-0.3, -0.25) is 10.1 Å². The lowest BCUT2D eigenvalue weighted by molar-refractivity contribution is -0.145. The van der Waals surface area contributed by atoms with Crippen molar-refractivity contribution in [1.82, 2.24) is 5.32 Å². The SMILES string of the molecule is COCCCOC(=O)C[C@]1(S(=O)(=O)c2ccc(C)cc2)C[C@H](c2ccc(OCCCOC)cc2)[C@@H](OCc2ccc3c(c2)N(CCCOC)CCO3)CN1. The number of methoxy groups -OCH3 is 3. The number of nitrogens with zero attached hydrogens (tertiary/aromatic N) is 1. The smallest absolute Gasteiger partial charge is 0.308 e. The van der Waals surface area contributed by atoms with Gasteiger partial charge in [-0.15, -0.1) is 0 Å². The number of esters is 1. The van der Waals surface area contributed by atoms with Crippen molar-refractivity contribution < 1.29 is 46.4 Å². The lowest BCUT2D eigenvalue weighted by atomic mass is 9.82. The third kappa shape index (κ3) is 10.7. The quantitative estimate of drug-likeness (QED) is 0.109. The molecule has 0 saturated carbocycles. The van der Waals surface area contributed by atoms with Gasteiger partial charge in [-0.05, 0) is 67.3 Å². The number of anilines is 1. The molecule has 3 atom stereocenters. The molecule has 0 unspecified atom stereocenters. The van der Waals surface area contributed by atoms with Crippen LogP contribution in [0.1, 0.15) is 54.7 Å². The van der Waals surface area contributed by atoms with Crippen LogP contribution in [0.5, 0.6) is 11.5 Å².